The summed E-state index contributed by atoms with van der Waals surface area (Å²) in [7, 11) is 0. The van der Waals surface area contributed by atoms with Crippen molar-refractivity contribution in [1.82, 2.24) is 15.3 Å². The van der Waals surface area contributed by atoms with Gasteiger partial charge in [-0.2, -0.15) is 0 Å². The highest BCUT2D eigenvalue weighted by molar-refractivity contribution is 5.79. The van der Waals surface area contributed by atoms with Crippen LogP contribution < -0.4 is 10.2 Å². The molecule has 2 heterocycles. The number of carbonyl (C=O) groups is 1. The van der Waals surface area contributed by atoms with E-state index < -0.39 is 0 Å². The van der Waals surface area contributed by atoms with Crippen LogP contribution in [0.25, 0.3) is 0 Å². The first kappa shape index (κ1) is 13.0. The first-order chi connectivity index (χ1) is 10.3. The second-order valence-corrected chi connectivity index (χ2v) is 6.74. The van der Waals surface area contributed by atoms with Crippen molar-refractivity contribution in [2.45, 2.75) is 38.1 Å². The van der Waals surface area contributed by atoms with Gasteiger partial charge in [-0.25, -0.2) is 9.97 Å². The topological polar surface area (TPSA) is 58.1 Å². The normalized spacial score (nSPS) is 31.8. The van der Waals surface area contributed by atoms with Crippen molar-refractivity contribution < 1.29 is 4.79 Å². The average molecular weight is 286 g/mol. The van der Waals surface area contributed by atoms with E-state index in [-0.39, 0.29) is 0 Å². The summed E-state index contributed by atoms with van der Waals surface area (Å²) in [5, 5.41) is 3.27. The van der Waals surface area contributed by atoms with Crippen molar-refractivity contribution in [2.24, 2.45) is 17.8 Å². The van der Waals surface area contributed by atoms with Crippen LogP contribution in [0.4, 0.5) is 5.95 Å². The van der Waals surface area contributed by atoms with E-state index in [1.54, 1.807) is 12.4 Å². The van der Waals surface area contributed by atoms with Gasteiger partial charge in [-0.05, 0) is 50.0 Å². The summed E-state index contributed by atoms with van der Waals surface area (Å²) in [6, 6.07) is 2.16. The predicted octanol–water partition coefficient (Wildman–Crippen LogP) is 1.61. The highest BCUT2D eigenvalue weighted by Gasteiger charge is 2.48. The van der Waals surface area contributed by atoms with E-state index in [0.29, 0.717) is 17.9 Å². The van der Waals surface area contributed by atoms with Gasteiger partial charge in [0.15, 0.2) is 0 Å². The van der Waals surface area contributed by atoms with Crippen LogP contribution in [0.15, 0.2) is 18.5 Å². The lowest BCUT2D eigenvalue weighted by Gasteiger charge is -2.32. The molecule has 1 aromatic rings. The molecule has 1 amide bonds. The van der Waals surface area contributed by atoms with Crippen molar-refractivity contribution in [3.8, 4) is 0 Å². The third kappa shape index (κ3) is 2.74. The maximum absolute atomic E-state index is 12.3. The Morgan fingerprint density at radius 1 is 1.10 bits per heavy atom. The zero-order valence-corrected chi connectivity index (χ0v) is 12.2. The van der Waals surface area contributed by atoms with Gasteiger partial charge in [0.1, 0.15) is 0 Å². The molecule has 2 saturated carbocycles. The van der Waals surface area contributed by atoms with Gasteiger partial charge in [0.2, 0.25) is 11.9 Å². The second kappa shape index (κ2) is 5.28. The smallest absolute Gasteiger partial charge is 0.225 e. The molecule has 0 spiro atoms. The van der Waals surface area contributed by atoms with E-state index in [1.807, 2.05) is 6.07 Å². The van der Waals surface area contributed by atoms with Gasteiger partial charge in [-0.15, -0.1) is 0 Å². The van der Waals surface area contributed by atoms with Gasteiger partial charge < -0.3 is 10.2 Å². The molecular weight excluding hydrogens is 264 g/mol. The van der Waals surface area contributed by atoms with Crippen molar-refractivity contribution in [1.29, 1.82) is 0 Å². The SMILES string of the molecule is O=C(NC1CCN(c2ncccn2)CC1)C1CC2CC2C1. The maximum atomic E-state index is 12.3. The van der Waals surface area contributed by atoms with Gasteiger partial charge in [0.25, 0.3) is 0 Å². The van der Waals surface area contributed by atoms with Crippen LogP contribution in [0, 0.1) is 17.8 Å². The van der Waals surface area contributed by atoms with E-state index in [0.717, 1.165) is 56.6 Å². The molecule has 1 aliphatic heterocycles. The van der Waals surface area contributed by atoms with Crippen molar-refractivity contribution in [3.05, 3.63) is 18.5 Å². The first-order valence-electron chi connectivity index (χ1n) is 8.12. The van der Waals surface area contributed by atoms with Crippen LogP contribution in [-0.4, -0.2) is 35.0 Å². The molecule has 112 valence electrons. The van der Waals surface area contributed by atoms with Gasteiger partial charge in [0, 0.05) is 37.4 Å². The maximum Gasteiger partial charge on any atom is 0.225 e. The first-order valence-corrected chi connectivity index (χ1v) is 8.12. The molecule has 1 saturated heterocycles. The summed E-state index contributed by atoms with van der Waals surface area (Å²) in [6.45, 7) is 1.84. The van der Waals surface area contributed by atoms with Gasteiger partial charge in [0.05, 0.1) is 0 Å². The van der Waals surface area contributed by atoms with Crippen LogP contribution >= 0.6 is 0 Å². The molecule has 0 bridgehead atoms. The number of fused-ring (bicyclic) bond motifs is 1. The number of piperidine rings is 1. The van der Waals surface area contributed by atoms with E-state index in [4.69, 9.17) is 0 Å². The number of aromatic nitrogens is 2. The number of amides is 1. The zero-order chi connectivity index (χ0) is 14.2. The lowest BCUT2D eigenvalue weighted by molar-refractivity contribution is -0.126. The lowest BCUT2D eigenvalue weighted by Crippen LogP contribution is -2.46. The van der Waals surface area contributed by atoms with Crippen LogP contribution in [0.2, 0.25) is 0 Å². The number of anilines is 1. The number of hydrogen-bond donors (Lipinski definition) is 1. The Morgan fingerprint density at radius 3 is 2.43 bits per heavy atom. The van der Waals surface area contributed by atoms with Crippen LogP contribution in [0.5, 0.6) is 0 Å². The molecule has 0 radical (unpaired) electrons. The van der Waals surface area contributed by atoms with E-state index in [9.17, 15) is 4.79 Å². The summed E-state index contributed by atoms with van der Waals surface area (Å²) in [5.74, 6) is 3.15. The molecule has 21 heavy (non-hydrogen) atoms. The predicted molar refractivity (Wildman–Crippen MR) is 79.7 cm³/mol. The molecule has 5 heteroatoms. The molecule has 5 nitrogen and oxygen atoms in total. The van der Waals surface area contributed by atoms with Gasteiger partial charge in [-0.3, -0.25) is 4.79 Å². The minimum atomic E-state index is 0.296. The molecule has 3 aliphatic rings. The Morgan fingerprint density at radius 2 is 1.76 bits per heavy atom. The van der Waals surface area contributed by atoms with Gasteiger partial charge >= 0.3 is 0 Å². The van der Waals surface area contributed by atoms with Crippen LogP contribution in [0.3, 0.4) is 0 Å². The number of nitrogens with one attached hydrogen (secondary N) is 1. The van der Waals surface area contributed by atoms with Crippen molar-refractivity contribution in [2.75, 3.05) is 18.0 Å². The van der Waals surface area contributed by atoms with Crippen LogP contribution in [0.1, 0.15) is 32.1 Å². The molecule has 1 N–H and O–H groups in total. The summed E-state index contributed by atoms with van der Waals surface area (Å²) >= 11 is 0. The standard InChI is InChI=1S/C16H22N4O/c21-15(13-9-11-8-12(11)10-13)19-14-2-6-20(7-3-14)16-17-4-1-5-18-16/h1,4-5,11-14H,2-3,6-10H2,(H,19,21). The molecule has 2 unspecified atom stereocenters. The number of nitrogens with zero attached hydrogens (tertiary/aromatic N) is 3. The average Bonchev–Trinajstić information content (AvgIpc) is 3.15. The van der Waals surface area contributed by atoms with Crippen LogP contribution in [-0.2, 0) is 4.79 Å². The minimum absolute atomic E-state index is 0.296. The number of carbonyl (C=O) groups excluding carboxylic acids is 1. The third-order valence-electron chi connectivity index (χ3n) is 5.29. The molecule has 2 aliphatic carbocycles. The quantitative estimate of drug-likeness (QED) is 0.917. The Hall–Kier alpha value is -1.65. The number of hydrogen-bond acceptors (Lipinski definition) is 4. The summed E-state index contributed by atoms with van der Waals surface area (Å²) in [6.07, 6.45) is 9.18. The lowest BCUT2D eigenvalue weighted by atomic mass is 10.00. The van der Waals surface area contributed by atoms with Gasteiger partial charge in [-0.1, -0.05) is 0 Å². The highest BCUT2D eigenvalue weighted by Crippen LogP contribution is 2.54. The van der Waals surface area contributed by atoms with E-state index in [2.05, 4.69) is 20.2 Å². The fourth-order valence-corrected chi connectivity index (χ4v) is 3.93. The molecule has 3 fully saturated rings. The summed E-state index contributed by atoms with van der Waals surface area (Å²) < 4.78 is 0. The Bertz CT molecular complexity index is 502. The Labute approximate surface area is 125 Å². The summed E-state index contributed by atoms with van der Waals surface area (Å²) in [4.78, 5) is 23.1. The van der Waals surface area contributed by atoms with E-state index >= 15 is 0 Å². The van der Waals surface area contributed by atoms with Crippen molar-refractivity contribution >= 4 is 11.9 Å². The monoisotopic (exact) mass is 286 g/mol. The molecule has 4 rings (SSSR count). The fraction of sp³-hybridized carbons (Fsp3) is 0.688. The summed E-state index contributed by atoms with van der Waals surface area (Å²) in [5.41, 5.74) is 0. The largest absolute Gasteiger partial charge is 0.353 e. The Kier molecular flexibility index (Phi) is 3.28. The highest BCUT2D eigenvalue weighted by atomic mass is 16.2. The molecular formula is C16H22N4O. The fourth-order valence-electron chi connectivity index (χ4n) is 3.93. The zero-order valence-electron chi connectivity index (χ0n) is 12.2. The Balaban J connectivity index is 1.26. The second-order valence-electron chi connectivity index (χ2n) is 6.74. The number of rotatable bonds is 3. The van der Waals surface area contributed by atoms with E-state index in [1.165, 1.54) is 6.42 Å². The molecule has 2 atom stereocenters. The molecule has 1 aromatic heterocycles. The minimum Gasteiger partial charge on any atom is -0.353 e. The third-order valence-corrected chi connectivity index (χ3v) is 5.29. The molecule has 0 aromatic carbocycles. The van der Waals surface area contributed by atoms with Crippen molar-refractivity contribution in [3.63, 3.8) is 0 Å².